The van der Waals surface area contributed by atoms with Crippen LogP contribution in [0.25, 0.3) is 16.4 Å². The molecule has 1 aliphatic rings. The van der Waals surface area contributed by atoms with Gasteiger partial charge in [-0.25, -0.2) is 0 Å². The van der Waals surface area contributed by atoms with Crippen LogP contribution in [-0.4, -0.2) is 72.7 Å². The van der Waals surface area contributed by atoms with Crippen molar-refractivity contribution in [2.24, 2.45) is 5.92 Å². The molecule has 2 aromatic carbocycles. The predicted molar refractivity (Wildman–Crippen MR) is 136 cm³/mol. The molecule has 35 heavy (non-hydrogen) atoms. The summed E-state index contributed by atoms with van der Waals surface area (Å²) in [6.07, 6.45) is 2.04. The molecule has 0 aromatic heterocycles. The number of benzene rings is 2. The van der Waals surface area contributed by atoms with Crippen LogP contribution in [0.15, 0.2) is 42.5 Å². The number of carbonyl (C=O) groups is 1. The SMILES string of the molecule is COc1ccc(-c2ccc(CCC#N)cc2)cc1N(C)C=O.C[N-]C.OC[C@@H]1CNCCOC1.[K+]. The smallest absolute Gasteiger partial charge is 0.668 e. The number of aryl methyl sites for hydroxylation is 1. The molecule has 9 heteroatoms. The van der Waals surface area contributed by atoms with Crippen molar-refractivity contribution in [1.29, 1.82) is 5.26 Å². The minimum Gasteiger partial charge on any atom is -0.668 e. The molecule has 0 spiro atoms. The molecule has 8 nitrogen and oxygen atoms in total. The van der Waals surface area contributed by atoms with Crippen LogP contribution in [0.3, 0.4) is 0 Å². The Balaban J connectivity index is 0.000000740. The number of methoxy groups -OCH3 is 1. The van der Waals surface area contributed by atoms with Gasteiger partial charge in [-0.3, -0.25) is 4.79 Å². The van der Waals surface area contributed by atoms with E-state index in [-0.39, 0.29) is 58.0 Å². The number of carbonyl (C=O) groups excluding carboxylic acids is 1. The third-order valence-electron chi connectivity index (χ3n) is 5.00. The number of hydrogen-bond acceptors (Lipinski definition) is 6. The molecule has 2 N–H and O–H groups in total. The van der Waals surface area contributed by atoms with Gasteiger partial charge < -0.3 is 30.1 Å². The van der Waals surface area contributed by atoms with Gasteiger partial charge >= 0.3 is 51.4 Å². The zero-order chi connectivity index (χ0) is 25.2. The molecule has 1 saturated heterocycles. The van der Waals surface area contributed by atoms with Gasteiger partial charge in [0.2, 0.25) is 6.41 Å². The van der Waals surface area contributed by atoms with Gasteiger partial charge in [0.25, 0.3) is 0 Å². The second-order valence-electron chi connectivity index (χ2n) is 7.73. The third kappa shape index (κ3) is 13.0. The number of aliphatic hydroxyl groups excluding tert-OH is 1. The first-order valence-electron chi connectivity index (χ1n) is 11.2. The minimum absolute atomic E-state index is 0. The van der Waals surface area contributed by atoms with E-state index in [9.17, 15) is 4.79 Å². The zero-order valence-electron chi connectivity index (χ0n) is 21.7. The van der Waals surface area contributed by atoms with Crippen molar-refractivity contribution in [2.75, 3.05) is 66.1 Å². The summed E-state index contributed by atoms with van der Waals surface area (Å²) in [4.78, 5) is 12.5. The van der Waals surface area contributed by atoms with Crippen molar-refractivity contribution in [1.82, 2.24) is 5.32 Å². The minimum atomic E-state index is 0. The molecule has 0 bridgehead atoms. The average molecular weight is 509 g/mol. The average Bonchev–Trinajstić information content (AvgIpc) is 3.17. The van der Waals surface area contributed by atoms with E-state index in [4.69, 9.17) is 19.8 Å². The summed E-state index contributed by atoms with van der Waals surface area (Å²) in [6, 6.07) is 16.0. The standard InChI is InChI=1S/C18H18N2O2.C6H13NO2.C2H6N.K/c1-20(13-21)17-12-16(9-10-18(17)22-2)15-7-5-14(6-8-15)4-3-11-19;8-4-6-3-7-1-2-9-5-6;1-3-2;/h5-10,12-13H,3-4H2,1-2H3;6-8H,1-5H2;1-2H3;/q;;-1;+1/t;6-;;/m.0../s1. The molecular formula is C26H37KN4O4. The zero-order valence-corrected chi connectivity index (χ0v) is 24.8. The van der Waals surface area contributed by atoms with Crippen molar-refractivity contribution >= 4 is 12.1 Å². The largest absolute Gasteiger partial charge is 1.00 e. The molecule has 2 aromatic rings. The Morgan fingerprint density at radius 1 is 1.26 bits per heavy atom. The quantitative estimate of drug-likeness (QED) is 0.410. The van der Waals surface area contributed by atoms with Crippen LogP contribution in [0.5, 0.6) is 5.75 Å². The van der Waals surface area contributed by atoms with E-state index in [1.807, 2.05) is 42.5 Å². The maximum Gasteiger partial charge on any atom is 1.00 e. The first-order chi connectivity index (χ1) is 16.5. The molecule has 1 aliphatic heterocycles. The number of nitrogens with zero attached hydrogens (tertiary/aromatic N) is 3. The summed E-state index contributed by atoms with van der Waals surface area (Å²) in [7, 11) is 6.78. The maximum absolute atomic E-state index is 11.0. The van der Waals surface area contributed by atoms with Gasteiger partial charge in [0.05, 0.1) is 32.1 Å². The monoisotopic (exact) mass is 508 g/mol. The van der Waals surface area contributed by atoms with Crippen molar-refractivity contribution in [3.63, 3.8) is 0 Å². The van der Waals surface area contributed by atoms with E-state index in [1.54, 1.807) is 28.3 Å². The Kier molecular flexibility index (Phi) is 20.0. The summed E-state index contributed by atoms with van der Waals surface area (Å²) in [6.45, 7) is 3.50. The molecule has 1 heterocycles. The number of aliphatic hydroxyl groups is 1. The molecule has 1 fully saturated rings. The van der Waals surface area contributed by atoms with E-state index < -0.39 is 0 Å². The fourth-order valence-electron chi connectivity index (χ4n) is 3.14. The predicted octanol–water partition coefficient (Wildman–Crippen LogP) is 0.249. The van der Waals surface area contributed by atoms with Crippen LogP contribution in [0.1, 0.15) is 12.0 Å². The van der Waals surface area contributed by atoms with Gasteiger partial charge in [-0.05, 0) is 35.2 Å². The fourth-order valence-corrected chi connectivity index (χ4v) is 3.14. The summed E-state index contributed by atoms with van der Waals surface area (Å²) in [5.74, 6) is 0.955. The van der Waals surface area contributed by atoms with E-state index in [1.165, 1.54) is 4.90 Å². The van der Waals surface area contributed by atoms with Gasteiger partial charge in [0.15, 0.2) is 0 Å². The number of ether oxygens (including phenoxy) is 2. The molecule has 186 valence electrons. The summed E-state index contributed by atoms with van der Waals surface area (Å²) < 4.78 is 10.5. The Hall–Kier alpha value is -1.32. The Morgan fingerprint density at radius 3 is 2.49 bits per heavy atom. The molecular weight excluding hydrogens is 471 g/mol. The number of amides is 1. The molecule has 0 unspecified atom stereocenters. The summed E-state index contributed by atoms with van der Waals surface area (Å²) >= 11 is 0. The molecule has 0 aliphatic carbocycles. The van der Waals surface area contributed by atoms with Gasteiger partial charge in [0, 0.05) is 39.1 Å². The molecule has 3 rings (SSSR count). The van der Waals surface area contributed by atoms with Gasteiger partial charge in [-0.2, -0.15) is 19.4 Å². The normalized spacial score (nSPS) is 14.3. The molecule has 1 atom stereocenters. The second kappa shape index (κ2) is 20.8. The molecule has 0 saturated carbocycles. The molecule has 1 amide bonds. The van der Waals surface area contributed by atoms with Gasteiger partial charge in [0.1, 0.15) is 5.75 Å². The second-order valence-corrected chi connectivity index (χ2v) is 7.73. The van der Waals surface area contributed by atoms with Crippen LogP contribution in [0.4, 0.5) is 5.69 Å². The number of rotatable bonds is 7. The topological polar surface area (TPSA) is 109 Å². The van der Waals surface area contributed by atoms with Crippen LogP contribution in [-0.2, 0) is 16.0 Å². The van der Waals surface area contributed by atoms with Crippen LogP contribution < -0.4 is 66.3 Å². The summed E-state index contributed by atoms with van der Waals surface area (Å²) in [5, 5.41) is 24.0. The van der Waals surface area contributed by atoms with Gasteiger partial charge in [-0.15, -0.1) is 0 Å². The number of nitrogens with one attached hydrogen (secondary N) is 1. The van der Waals surface area contributed by atoms with E-state index >= 15 is 0 Å². The maximum atomic E-state index is 11.0. The van der Waals surface area contributed by atoms with E-state index in [0.717, 1.165) is 54.9 Å². The number of hydrogen-bond donors (Lipinski definition) is 2. The first-order valence-corrected chi connectivity index (χ1v) is 11.2. The van der Waals surface area contributed by atoms with E-state index in [2.05, 4.69) is 16.7 Å². The van der Waals surface area contributed by atoms with Crippen molar-refractivity contribution in [3.8, 4) is 22.9 Å². The number of anilines is 1. The fraction of sp³-hybridized carbons (Fsp3) is 0.462. The Labute approximate surface area is 252 Å². The van der Waals surface area contributed by atoms with Crippen molar-refractivity contribution in [3.05, 3.63) is 53.3 Å². The van der Waals surface area contributed by atoms with Gasteiger partial charge in [-0.1, -0.05) is 30.3 Å². The summed E-state index contributed by atoms with van der Waals surface area (Å²) in [5.41, 5.74) is 3.94. The van der Waals surface area contributed by atoms with Crippen molar-refractivity contribution in [2.45, 2.75) is 12.8 Å². The van der Waals surface area contributed by atoms with Crippen LogP contribution >= 0.6 is 0 Å². The van der Waals surface area contributed by atoms with Crippen LogP contribution in [0, 0.1) is 17.2 Å². The Morgan fingerprint density at radius 2 is 1.91 bits per heavy atom. The first kappa shape index (κ1) is 33.7. The Bertz CT molecular complexity index is 867. The van der Waals surface area contributed by atoms with E-state index in [0.29, 0.717) is 24.7 Å². The van der Waals surface area contributed by atoms with Crippen molar-refractivity contribution < 1.29 is 70.8 Å². The third-order valence-corrected chi connectivity index (χ3v) is 5.00. The number of nitriles is 1. The molecule has 0 radical (unpaired) electrons. The van der Waals surface area contributed by atoms with Crippen LogP contribution in [0.2, 0.25) is 0 Å².